The molecule has 0 bridgehead atoms. The molecule has 24 heavy (non-hydrogen) atoms. The lowest BCUT2D eigenvalue weighted by atomic mass is 9.97. The summed E-state index contributed by atoms with van der Waals surface area (Å²) >= 11 is 0. The molecule has 0 aromatic heterocycles. The molecule has 0 saturated heterocycles. The minimum Gasteiger partial charge on any atom is -0.492 e. The highest BCUT2D eigenvalue weighted by Crippen LogP contribution is 2.52. The zero-order valence-corrected chi connectivity index (χ0v) is 13.3. The molecule has 3 rings (SSSR count). The normalized spacial score (nSPS) is 11.8. The highest BCUT2D eigenvalue weighted by molar-refractivity contribution is 6.05. The van der Waals surface area contributed by atoms with Crippen LogP contribution >= 0.6 is 0 Å². The van der Waals surface area contributed by atoms with Crippen molar-refractivity contribution in [1.29, 1.82) is 0 Å². The van der Waals surface area contributed by atoms with Crippen LogP contribution < -0.4 is 14.2 Å². The van der Waals surface area contributed by atoms with Gasteiger partial charge in [0.15, 0.2) is 11.5 Å². The van der Waals surface area contributed by atoms with Gasteiger partial charge in [0.1, 0.15) is 5.56 Å². The van der Waals surface area contributed by atoms with Crippen molar-refractivity contribution in [2.45, 2.75) is 6.18 Å². The van der Waals surface area contributed by atoms with E-state index in [1.54, 1.807) is 18.2 Å². The van der Waals surface area contributed by atoms with Crippen molar-refractivity contribution in [3.8, 4) is 17.2 Å². The summed E-state index contributed by atoms with van der Waals surface area (Å²) in [6.45, 7) is 0. The molecule has 0 aliphatic heterocycles. The van der Waals surface area contributed by atoms with Gasteiger partial charge in [0.2, 0.25) is 5.75 Å². The molecular formula is C18H15F3O3. The van der Waals surface area contributed by atoms with E-state index in [2.05, 4.69) is 0 Å². The van der Waals surface area contributed by atoms with Crippen molar-refractivity contribution < 1.29 is 27.4 Å². The summed E-state index contributed by atoms with van der Waals surface area (Å²) in [6.07, 6.45) is -4.61. The molecule has 0 unspecified atom stereocenters. The van der Waals surface area contributed by atoms with Crippen molar-refractivity contribution in [2.24, 2.45) is 0 Å². The van der Waals surface area contributed by atoms with Gasteiger partial charge < -0.3 is 14.2 Å². The third kappa shape index (κ3) is 2.38. The van der Waals surface area contributed by atoms with Gasteiger partial charge in [-0.25, -0.2) is 0 Å². The minimum atomic E-state index is -4.61. The molecule has 0 fully saturated rings. The van der Waals surface area contributed by atoms with Gasteiger partial charge in [-0.3, -0.25) is 0 Å². The summed E-state index contributed by atoms with van der Waals surface area (Å²) < 4.78 is 56.8. The smallest absolute Gasteiger partial charge is 0.420 e. The van der Waals surface area contributed by atoms with Crippen LogP contribution in [0.25, 0.3) is 21.5 Å². The predicted octanol–water partition coefficient (Wildman–Crippen LogP) is 5.04. The maximum Gasteiger partial charge on any atom is 0.420 e. The number of benzene rings is 3. The molecule has 0 spiro atoms. The Balaban J connectivity index is 2.60. The zero-order valence-electron chi connectivity index (χ0n) is 13.3. The largest absolute Gasteiger partial charge is 0.492 e. The Morgan fingerprint density at radius 2 is 1.21 bits per heavy atom. The van der Waals surface area contributed by atoms with E-state index in [4.69, 9.17) is 14.2 Å². The number of rotatable bonds is 3. The molecule has 0 aliphatic carbocycles. The zero-order chi connectivity index (χ0) is 17.5. The van der Waals surface area contributed by atoms with Gasteiger partial charge >= 0.3 is 6.18 Å². The van der Waals surface area contributed by atoms with Crippen LogP contribution in [0.15, 0.2) is 36.4 Å². The molecule has 3 aromatic rings. The molecule has 0 atom stereocenters. The second-order valence-corrected chi connectivity index (χ2v) is 5.22. The van der Waals surface area contributed by atoms with Crippen LogP contribution in [0.5, 0.6) is 17.2 Å². The van der Waals surface area contributed by atoms with E-state index >= 15 is 0 Å². The van der Waals surface area contributed by atoms with Gasteiger partial charge in [-0.2, -0.15) is 13.2 Å². The first kappa shape index (κ1) is 16.2. The van der Waals surface area contributed by atoms with Crippen LogP contribution in [-0.4, -0.2) is 21.3 Å². The molecule has 0 saturated carbocycles. The van der Waals surface area contributed by atoms with Crippen LogP contribution in [-0.2, 0) is 6.18 Å². The molecular weight excluding hydrogens is 321 g/mol. The molecule has 0 N–H and O–H groups in total. The number of methoxy groups -OCH3 is 3. The molecule has 0 radical (unpaired) electrons. The predicted molar refractivity (Wildman–Crippen MR) is 86.1 cm³/mol. The van der Waals surface area contributed by atoms with Crippen molar-refractivity contribution >= 4 is 21.5 Å². The summed E-state index contributed by atoms with van der Waals surface area (Å²) in [6, 6.07) is 10.4. The van der Waals surface area contributed by atoms with Gasteiger partial charge in [-0.05, 0) is 22.9 Å². The standard InChI is InChI=1S/C18H15F3O3/c1-22-15-13-9-11-7-5-4-6-10(11)8-12(13)14(18(19,20)21)16(23-2)17(15)24-3/h4-9H,1-3H3. The Labute approximate surface area is 136 Å². The lowest BCUT2D eigenvalue weighted by Gasteiger charge is -2.21. The summed E-state index contributed by atoms with van der Waals surface area (Å²) in [4.78, 5) is 0. The topological polar surface area (TPSA) is 27.7 Å². The number of hydrogen-bond acceptors (Lipinski definition) is 3. The third-order valence-electron chi connectivity index (χ3n) is 3.94. The molecule has 126 valence electrons. The van der Waals surface area contributed by atoms with Crippen LogP contribution in [0.1, 0.15) is 5.56 Å². The molecule has 0 heterocycles. The second kappa shape index (κ2) is 5.78. The summed E-state index contributed by atoms with van der Waals surface area (Å²) in [7, 11) is 3.85. The van der Waals surface area contributed by atoms with E-state index in [9.17, 15) is 13.2 Å². The fourth-order valence-corrected chi connectivity index (χ4v) is 2.96. The number of halogens is 3. The first-order valence-corrected chi connectivity index (χ1v) is 7.14. The highest BCUT2D eigenvalue weighted by atomic mass is 19.4. The Bertz CT molecular complexity index is 917. The van der Waals surface area contributed by atoms with E-state index in [1.807, 2.05) is 12.1 Å². The van der Waals surface area contributed by atoms with Crippen LogP contribution in [0, 0.1) is 0 Å². The number of ether oxygens (including phenoxy) is 3. The summed E-state index contributed by atoms with van der Waals surface area (Å²) in [5, 5.41) is 1.84. The fourth-order valence-electron chi connectivity index (χ4n) is 2.96. The Morgan fingerprint density at radius 1 is 0.708 bits per heavy atom. The van der Waals surface area contributed by atoms with E-state index in [1.165, 1.54) is 27.4 Å². The Morgan fingerprint density at radius 3 is 1.67 bits per heavy atom. The lowest BCUT2D eigenvalue weighted by molar-refractivity contribution is -0.137. The lowest BCUT2D eigenvalue weighted by Crippen LogP contribution is -2.10. The van der Waals surface area contributed by atoms with E-state index in [0.717, 1.165) is 5.39 Å². The van der Waals surface area contributed by atoms with Crippen molar-refractivity contribution in [3.05, 3.63) is 42.0 Å². The van der Waals surface area contributed by atoms with Gasteiger partial charge in [-0.1, -0.05) is 24.3 Å². The molecule has 3 nitrogen and oxygen atoms in total. The molecule has 0 aliphatic rings. The van der Waals surface area contributed by atoms with Gasteiger partial charge in [0.05, 0.1) is 21.3 Å². The Hall–Kier alpha value is -2.63. The SMILES string of the molecule is COc1c(OC)c(C(F)(F)F)c2cc3ccccc3cc2c1OC. The number of fused-ring (bicyclic) bond motifs is 2. The minimum absolute atomic E-state index is 0.00991. The van der Waals surface area contributed by atoms with Crippen molar-refractivity contribution in [3.63, 3.8) is 0 Å². The van der Waals surface area contributed by atoms with E-state index < -0.39 is 11.7 Å². The van der Waals surface area contributed by atoms with Crippen LogP contribution in [0.2, 0.25) is 0 Å². The number of hydrogen-bond donors (Lipinski definition) is 0. The van der Waals surface area contributed by atoms with Crippen molar-refractivity contribution in [2.75, 3.05) is 21.3 Å². The Kier molecular flexibility index (Phi) is 3.91. The number of alkyl halides is 3. The maximum atomic E-state index is 13.7. The van der Waals surface area contributed by atoms with Gasteiger partial charge in [0.25, 0.3) is 0 Å². The average molecular weight is 336 g/mol. The van der Waals surface area contributed by atoms with Crippen molar-refractivity contribution in [1.82, 2.24) is 0 Å². The molecule has 6 heteroatoms. The summed E-state index contributed by atoms with van der Waals surface area (Å²) in [5.41, 5.74) is -0.872. The molecule has 3 aromatic carbocycles. The van der Waals surface area contributed by atoms with E-state index in [-0.39, 0.29) is 22.6 Å². The first-order chi connectivity index (χ1) is 11.4. The monoisotopic (exact) mass is 336 g/mol. The van der Waals surface area contributed by atoms with E-state index in [0.29, 0.717) is 10.8 Å². The average Bonchev–Trinajstić information content (AvgIpc) is 2.56. The first-order valence-electron chi connectivity index (χ1n) is 7.14. The van der Waals surface area contributed by atoms with Crippen LogP contribution in [0.4, 0.5) is 13.2 Å². The van der Waals surface area contributed by atoms with Gasteiger partial charge in [0, 0.05) is 10.8 Å². The maximum absolute atomic E-state index is 13.7. The summed E-state index contributed by atoms with van der Waals surface area (Å²) in [5.74, 6) is -0.247. The fraction of sp³-hybridized carbons (Fsp3) is 0.222. The third-order valence-corrected chi connectivity index (χ3v) is 3.94. The quantitative estimate of drug-likeness (QED) is 0.627. The molecule has 0 amide bonds. The highest BCUT2D eigenvalue weighted by Gasteiger charge is 2.40. The van der Waals surface area contributed by atoms with Crippen LogP contribution in [0.3, 0.4) is 0 Å². The second-order valence-electron chi connectivity index (χ2n) is 5.22. The van der Waals surface area contributed by atoms with Gasteiger partial charge in [-0.15, -0.1) is 0 Å².